The molecule has 1 aliphatic heterocycles. The molecule has 0 unspecified atom stereocenters. The van der Waals surface area contributed by atoms with E-state index in [-0.39, 0.29) is 29.7 Å². The van der Waals surface area contributed by atoms with Gasteiger partial charge in [-0.2, -0.15) is 0 Å². The average Bonchev–Trinajstić information content (AvgIpc) is 3.19. The van der Waals surface area contributed by atoms with E-state index in [0.717, 1.165) is 42.2 Å². The van der Waals surface area contributed by atoms with Crippen LogP contribution >= 0.6 is 11.3 Å². The van der Waals surface area contributed by atoms with E-state index >= 15 is 0 Å². The Kier molecular flexibility index (Phi) is 6.43. The molecule has 0 saturated carbocycles. The lowest BCUT2D eigenvalue weighted by atomic mass is 10.00. The molecule has 8 nitrogen and oxygen atoms in total. The number of hydrogen-bond donors (Lipinski definition) is 1. The number of amides is 1. The van der Waals surface area contributed by atoms with Crippen molar-refractivity contribution in [1.82, 2.24) is 14.1 Å². The second kappa shape index (κ2) is 9.13. The van der Waals surface area contributed by atoms with Crippen molar-refractivity contribution in [3.05, 3.63) is 50.2 Å². The molecule has 176 valence electrons. The van der Waals surface area contributed by atoms with Crippen LogP contribution in [0.1, 0.15) is 50.8 Å². The number of benzene rings is 1. The predicted octanol–water partition coefficient (Wildman–Crippen LogP) is 3.69. The minimum absolute atomic E-state index is 0.212. The summed E-state index contributed by atoms with van der Waals surface area (Å²) in [6.45, 7) is 11.3. The Labute approximate surface area is 196 Å². The summed E-state index contributed by atoms with van der Waals surface area (Å²) in [5, 5.41) is 3.63. The van der Waals surface area contributed by atoms with Gasteiger partial charge in [-0.25, -0.2) is 9.78 Å². The first-order valence-electron chi connectivity index (χ1n) is 11.4. The second-order valence-electron chi connectivity index (χ2n) is 9.32. The molecule has 2 aromatic heterocycles. The van der Waals surface area contributed by atoms with Crippen LogP contribution in [0, 0.1) is 19.8 Å². The SMILES string of the molecule is Cc1ccc(NC(=O)Cn2c(=O)n(C(C)C)c(=O)c3sc(N4CCC(C)CC4)nc32)c(C)c1. The van der Waals surface area contributed by atoms with Gasteiger partial charge < -0.3 is 10.2 Å². The summed E-state index contributed by atoms with van der Waals surface area (Å²) in [6, 6.07) is 5.45. The maximum atomic E-state index is 13.3. The largest absolute Gasteiger partial charge is 0.348 e. The van der Waals surface area contributed by atoms with Crippen molar-refractivity contribution in [1.29, 1.82) is 0 Å². The topological polar surface area (TPSA) is 89.2 Å². The number of fused-ring (bicyclic) bond motifs is 1. The van der Waals surface area contributed by atoms with Gasteiger partial charge >= 0.3 is 5.69 Å². The lowest BCUT2D eigenvalue weighted by molar-refractivity contribution is -0.116. The minimum atomic E-state index is -0.512. The van der Waals surface area contributed by atoms with E-state index in [9.17, 15) is 14.4 Å². The molecule has 1 fully saturated rings. The highest BCUT2D eigenvalue weighted by Gasteiger charge is 2.24. The van der Waals surface area contributed by atoms with Crippen LogP contribution in [-0.2, 0) is 11.3 Å². The number of aryl methyl sites for hydroxylation is 2. The molecule has 0 atom stereocenters. The standard InChI is InChI=1S/C24H31N5O3S/c1-14(2)29-22(31)20-21(26-23(33-20)27-10-8-15(3)9-11-27)28(24(29)32)13-19(30)25-18-7-6-16(4)12-17(18)5/h6-7,12,14-15H,8-11,13H2,1-5H3,(H,25,30). The van der Waals surface area contributed by atoms with Gasteiger partial charge in [-0.1, -0.05) is 36.0 Å². The summed E-state index contributed by atoms with van der Waals surface area (Å²) >= 11 is 1.31. The number of anilines is 2. The summed E-state index contributed by atoms with van der Waals surface area (Å²) in [6.07, 6.45) is 2.13. The molecule has 0 aliphatic carbocycles. The van der Waals surface area contributed by atoms with Gasteiger partial charge in [0, 0.05) is 24.8 Å². The summed E-state index contributed by atoms with van der Waals surface area (Å²) < 4.78 is 2.96. The number of carbonyl (C=O) groups is 1. The molecule has 1 amide bonds. The first-order chi connectivity index (χ1) is 15.7. The summed E-state index contributed by atoms with van der Waals surface area (Å²) in [7, 11) is 0. The highest BCUT2D eigenvalue weighted by atomic mass is 32.1. The van der Waals surface area contributed by atoms with Gasteiger partial charge in [0.15, 0.2) is 10.8 Å². The van der Waals surface area contributed by atoms with E-state index in [1.807, 2.05) is 32.0 Å². The Bertz CT molecular complexity index is 1310. The maximum Gasteiger partial charge on any atom is 0.333 e. The predicted molar refractivity (Wildman–Crippen MR) is 134 cm³/mol. The van der Waals surface area contributed by atoms with Crippen LogP contribution in [0.2, 0.25) is 0 Å². The van der Waals surface area contributed by atoms with E-state index in [2.05, 4.69) is 22.1 Å². The number of nitrogens with one attached hydrogen (secondary N) is 1. The molecule has 0 spiro atoms. The van der Waals surface area contributed by atoms with Crippen LogP contribution in [0.4, 0.5) is 10.8 Å². The Balaban J connectivity index is 1.74. The first kappa shape index (κ1) is 23.2. The number of hydrogen-bond acceptors (Lipinski definition) is 6. The third-order valence-corrected chi connectivity index (χ3v) is 7.33. The zero-order chi connectivity index (χ0) is 23.9. The first-order valence-corrected chi connectivity index (χ1v) is 12.2. The Hall–Kier alpha value is -2.94. The summed E-state index contributed by atoms with van der Waals surface area (Å²) in [5.74, 6) is 0.335. The Morgan fingerprint density at radius 3 is 2.55 bits per heavy atom. The Morgan fingerprint density at radius 2 is 1.91 bits per heavy atom. The van der Waals surface area contributed by atoms with Crippen molar-refractivity contribution in [3.8, 4) is 0 Å². The van der Waals surface area contributed by atoms with Crippen molar-refractivity contribution in [3.63, 3.8) is 0 Å². The third-order valence-electron chi connectivity index (χ3n) is 6.23. The average molecular weight is 470 g/mol. The van der Waals surface area contributed by atoms with Crippen molar-refractivity contribution in [2.45, 2.75) is 60.0 Å². The summed E-state index contributed by atoms with van der Waals surface area (Å²) in [5.41, 5.74) is 2.19. The van der Waals surface area contributed by atoms with E-state index in [1.165, 1.54) is 20.5 Å². The van der Waals surface area contributed by atoms with Crippen LogP contribution in [0.3, 0.4) is 0 Å². The normalized spacial score (nSPS) is 14.9. The fraction of sp³-hybridized carbons (Fsp3) is 0.500. The molecule has 0 radical (unpaired) electrons. The van der Waals surface area contributed by atoms with Gasteiger partial charge in [-0.3, -0.25) is 18.7 Å². The van der Waals surface area contributed by atoms with Gasteiger partial charge in [0.05, 0.1) is 0 Å². The van der Waals surface area contributed by atoms with Gasteiger partial charge in [-0.15, -0.1) is 0 Å². The number of carbonyl (C=O) groups excluding carboxylic acids is 1. The van der Waals surface area contributed by atoms with Crippen LogP contribution in [0.25, 0.3) is 10.3 Å². The van der Waals surface area contributed by atoms with E-state index in [0.29, 0.717) is 16.3 Å². The molecular weight excluding hydrogens is 438 g/mol. The number of aromatic nitrogens is 3. The van der Waals surface area contributed by atoms with Gasteiger partial charge in [0.25, 0.3) is 5.56 Å². The number of piperidine rings is 1. The minimum Gasteiger partial charge on any atom is -0.348 e. The van der Waals surface area contributed by atoms with Crippen molar-refractivity contribution >= 4 is 38.4 Å². The monoisotopic (exact) mass is 469 g/mol. The zero-order valence-electron chi connectivity index (χ0n) is 19.8. The molecule has 33 heavy (non-hydrogen) atoms. The smallest absolute Gasteiger partial charge is 0.333 e. The second-order valence-corrected chi connectivity index (χ2v) is 10.3. The molecule has 1 aromatic carbocycles. The molecule has 1 N–H and O–H groups in total. The number of rotatable bonds is 5. The molecule has 3 heterocycles. The highest BCUT2D eigenvalue weighted by Crippen LogP contribution is 2.29. The van der Waals surface area contributed by atoms with Crippen molar-refractivity contribution in [2.24, 2.45) is 5.92 Å². The van der Waals surface area contributed by atoms with E-state index < -0.39 is 5.69 Å². The van der Waals surface area contributed by atoms with E-state index in [1.54, 1.807) is 13.8 Å². The van der Waals surface area contributed by atoms with Crippen molar-refractivity contribution in [2.75, 3.05) is 23.3 Å². The molecule has 3 aromatic rings. The van der Waals surface area contributed by atoms with Crippen LogP contribution in [0.15, 0.2) is 27.8 Å². The quantitative estimate of drug-likeness (QED) is 0.616. The molecular formula is C24H31N5O3S. The van der Waals surface area contributed by atoms with Gasteiger partial charge in [-0.05, 0) is 58.1 Å². The lowest BCUT2D eigenvalue weighted by Crippen LogP contribution is -2.42. The molecule has 9 heteroatoms. The van der Waals surface area contributed by atoms with Crippen LogP contribution < -0.4 is 21.5 Å². The van der Waals surface area contributed by atoms with Crippen LogP contribution in [0.5, 0.6) is 0 Å². The third kappa shape index (κ3) is 4.59. The van der Waals surface area contributed by atoms with Gasteiger partial charge in [0.1, 0.15) is 11.2 Å². The number of nitrogens with zero attached hydrogens (tertiary/aromatic N) is 4. The highest BCUT2D eigenvalue weighted by molar-refractivity contribution is 7.22. The maximum absolute atomic E-state index is 13.3. The number of thiazole rings is 1. The molecule has 4 rings (SSSR count). The van der Waals surface area contributed by atoms with Crippen molar-refractivity contribution < 1.29 is 4.79 Å². The van der Waals surface area contributed by atoms with E-state index in [4.69, 9.17) is 0 Å². The fourth-order valence-corrected chi connectivity index (χ4v) is 5.32. The lowest BCUT2D eigenvalue weighted by Gasteiger charge is -2.29. The van der Waals surface area contributed by atoms with Gasteiger partial charge in [0.2, 0.25) is 5.91 Å². The molecule has 1 aliphatic rings. The molecule has 0 bridgehead atoms. The fourth-order valence-electron chi connectivity index (χ4n) is 4.26. The molecule has 1 saturated heterocycles. The zero-order valence-corrected chi connectivity index (χ0v) is 20.7. The van der Waals surface area contributed by atoms with Crippen LogP contribution in [-0.4, -0.2) is 33.1 Å². The Morgan fingerprint density at radius 1 is 1.21 bits per heavy atom. The summed E-state index contributed by atoms with van der Waals surface area (Å²) in [4.78, 5) is 46.2.